The fourth-order valence-electron chi connectivity index (χ4n) is 3.35. The quantitative estimate of drug-likeness (QED) is 0.841. The molecule has 1 aliphatic heterocycles. The molecule has 1 saturated heterocycles. The van der Waals surface area contributed by atoms with Gasteiger partial charge in [-0.3, -0.25) is 4.79 Å². The predicted octanol–water partition coefficient (Wildman–Crippen LogP) is 2.87. The molecular formula is C17H24BrClN2O2. The van der Waals surface area contributed by atoms with E-state index in [9.17, 15) is 4.79 Å². The Morgan fingerprint density at radius 2 is 1.78 bits per heavy atom. The second-order valence-corrected chi connectivity index (χ2v) is 7.63. The molecule has 3 rings (SSSR count). The van der Waals surface area contributed by atoms with Gasteiger partial charge in [0.2, 0.25) is 5.91 Å². The van der Waals surface area contributed by atoms with Gasteiger partial charge < -0.3 is 15.4 Å². The summed E-state index contributed by atoms with van der Waals surface area (Å²) in [5, 5.41) is 0. The lowest BCUT2D eigenvalue weighted by atomic mass is 9.88. The highest BCUT2D eigenvalue weighted by atomic mass is 79.9. The van der Waals surface area contributed by atoms with E-state index < -0.39 is 5.54 Å². The molecule has 0 unspecified atom stereocenters. The number of nitrogens with zero attached hydrogens (tertiary/aromatic N) is 1. The maximum atomic E-state index is 12.7. The van der Waals surface area contributed by atoms with Crippen LogP contribution >= 0.6 is 28.3 Å². The van der Waals surface area contributed by atoms with E-state index in [1.807, 2.05) is 11.9 Å². The third-order valence-corrected chi connectivity index (χ3v) is 5.54. The number of hydrogen-bond acceptors (Lipinski definition) is 3. The van der Waals surface area contributed by atoms with Crippen molar-refractivity contribution in [1.29, 1.82) is 0 Å². The second kappa shape index (κ2) is 7.09. The maximum absolute atomic E-state index is 12.7. The summed E-state index contributed by atoms with van der Waals surface area (Å²) in [6.07, 6.45) is 3.49. The van der Waals surface area contributed by atoms with Gasteiger partial charge in [0.15, 0.2) is 0 Å². The standard InChI is InChI=1S/C17H23BrN2O2.ClH/c1-20(15(21)17(19)8-10-22-11-9-17)12-16(6-7-16)13-2-4-14(18)5-3-13;/h2-5H,6-12,19H2,1H3;1H. The molecule has 1 aromatic carbocycles. The third kappa shape index (κ3) is 3.90. The normalized spacial score (nSPS) is 21.2. The zero-order chi connectivity index (χ0) is 15.8. The molecular weight excluding hydrogens is 380 g/mol. The Morgan fingerprint density at radius 3 is 2.30 bits per heavy atom. The molecule has 0 aromatic heterocycles. The number of halogens is 2. The van der Waals surface area contributed by atoms with E-state index in [1.165, 1.54) is 5.56 Å². The van der Waals surface area contributed by atoms with E-state index in [0.717, 1.165) is 23.9 Å². The first-order valence-electron chi connectivity index (χ1n) is 7.84. The fraction of sp³-hybridized carbons (Fsp3) is 0.588. The number of nitrogens with two attached hydrogens (primary N) is 1. The van der Waals surface area contributed by atoms with Crippen LogP contribution in [-0.4, -0.2) is 43.2 Å². The lowest BCUT2D eigenvalue weighted by Crippen LogP contribution is -2.58. The summed E-state index contributed by atoms with van der Waals surface area (Å²) in [7, 11) is 1.88. The number of carbonyl (C=O) groups is 1. The molecule has 0 bridgehead atoms. The zero-order valence-corrected chi connectivity index (χ0v) is 15.8. The monoisotopic (exact) mass is 402 g/mol. The van der Waals surface area contributed by atoms with E-state index in [1.54, 1.807) is 0 Å². The fourth-order valence-corrected chi connectivity index (χ4v) is 3.61. The molecule has 0 radical (unpaired) electrons. The van der Waals surface area contributed by atoms with Crippen LogP contribution in [0.3, 0.4) is 0 Å². The Labute approximate surface area is 152 Å². The summed E-state index contributed by atoms with van der Waals surface area (Å²) in [5.41, 5.74) is 7.01. The second-order valence-electron chi connectivity index (χ2n) is 6.72. The Kier molecular flexibility index (Phi) is 5.77. The van der Waals surface area contributed by atoms with Crippen LogP contribution in [0.15, 0.2) is 28.7 Å². The highest BCUT2D eigenvalue weighted by Gasteiger charge is 2.47. The number of hydrogen-bond donors (Lipinski definition) is 1. The average Bonchev–Trinajstić information content (AvgIpc) is 3.28. The van der Waals surface area contributed by atoms with Crippen LogP contribution in [0.4, 0.5) is 0 Å². The molecule has 2 N–H and O–H groups in total. The maximum Gasteiger partial charge on any atom is 0.242 e. The average molecular weight is 404 g/mol. The minimum atomic E-state index is -0.747. The number of likely N-dealkylation sites (N-methyl/N-ethyl adjacent to an activating group) is 1. The van der Waals surface area contributed by atoms with Crippen LogP contribution in [-0.2, 0) is 14.9 Å². The number of ether oxygens (including phenoxy) is 1. The first-order chi connectivity index (χ1) is 10.5. The zero-order valence-electron chi connectivity index (χ0n) is 13.4. The van der Waals surface area contributed by atoms with Crippen LogP contribution in [0.25, 0.3) is 0 Å². The predicted molar refractivity (Wildman–Crippen MR) is 96.9 cm³/mol. The Bertz CT molecular complexity index is 554. The Hall–Kier alpha value is -0.620. The molecule has 2 aliphatic rings. The summed E-state index contributed by atoms with van der Waals surface area (Å²) in [5.74, 6) is 0.0548. The lowest BCUT2D eigenvalue weighted by Gasteiger charge is -2.36. The van der Waals surface area contributed by atoms with Crippen molar-refractivity contribution in [3.8, 4) is 0 Å². The third-order valence-electron chi connectivity index (χ3n) is 5.01. The van der Waals surface area contributed by atoms with E-state index in [0.29, 0.717) is 26.1 Å². The Morgan fingerprint density at radius 1 is 1.22 bits per heavy atom. The van der Waals surface area contributed by atoms with E-state index >= 15 is 0 Å². The van der Waals surface area contributed by atoms with Crippen molar-refractivity contribution in [3.63, 3.8) is 0 Å². The smallest absolute Gasteiger partial charge is 0.242 e. The van der Waals surface area contributed by atoms with Gasteiger partial charge in [0.05, 0.1) is 5.54 Å². The van der Waals surface area contributed by atoms with Gasteiger partial charge in [-0.2, -0.15) is 0 Å². The minimum Gasteiger partial charge on any atom is -0.381 e. The molecule has 0 atom stereocenters. The first kappa shape index (κ1) is 18.7. The SMILES string of the molecule is CN(CC1(c2ccc(Br)cc2)CC1)C(=O)C1(N)CCOCC1.Cl. The molecule has 1 aromatic rings. The number of carbonyl (C=O) groups excluding carboxylic acids is 1. The van der Waals surface area contributed by atoms with Gasteiger partial charge in [-0.1, -0.05) is 28.1 Å². The molecule has 1 heterocycles. The topological polar surface area (TPSA) is 55.6 Å². The van der Waals surface area contributed by atoms with Gasteiger partial charge in [0.25, 0.3) is 0 Å². The van der Waals surface area contributed by atoms with Gasteiger partial charge in [-0.05, 0) is 43.4 Å². The Balaban J connectivity index is 0.00000192. The van der Waals surface area contributed by atoms with E-state index in [-0.39, 0.29) is 23.7 Å². The van der Waals surface area contributed by atoms with Gasteiger partial charge in [0, 0.05) is 36.7 Å². The van der Waals surface area contributed by atoms with Crippen molar-refractivity contribution in [2.75, 3.05) is 26.8 Å². The van der Waals surface area contributed by atoms with Gasteiger partial charge in [-0.25, -0.2) is 0 Å². The molecule has 1 saturated carbocycles. The molecule has 2 fully saturated rings. The van der Waals surface area contributed by atoms with Crippen LogP contribution in [0.1, 0.15) is 31.2 Å². The van der Waals surface area contributed by atoms with E-state index in [4.69, 9.17) is 10.5 Å². The summed E-state index contributed by atoms with van der Waals surface area (Å²) < 4.78 is 6.42. The van der Waals surface area contributed by atoms with Crippen LogP contribution in [0.2, 0.25) is 0 Å². The van der Waals surface area contributed by atoms with E-state index in [2.05, 4.69) is 40.2 Å². The summed E-state index contributed by atoms with van der Waals surface area (Å²) in [4.78, 5) is 14.6. The van der Waals surface area contributed by atoms with Crippen molar-refractivity contribution in [3.05, 3.63) is 34.3 Å². The van der Waals surface area contributed by atoms with Crippen molar-refractivity contribution in [1.82, 2.24) is 4.90 Å². The molecule has 1 aliphatic carbocycles. The highest BCUT2D eigenvalue weighted by molar-refractivity contribution is 9.10. The largest absolute Gasteiger partial charge is 0.381 e. The number of rotatable bonds is 4. The number of benzene rings is 1. The summed E-state index contributed by atoms with van der Waals surface area (Å²) >= 11 is 3.47. The summed E-state index contributed by atoms with van der Waals surface area (Å²) in [6, 6.07) is 8.45. The van der Waals surface area contributed by atoms with Crippen LogP contribution in [0.5, 0.6) is 0 Å². The van der Waals surface area contributed by atoms with Crippen molar-refractivity contribution in [2.45, 2.75) is 36.6 Å². The van der Waals surface area contributed by atoms with Gasteiger partial charge in [-0.15, -0.1) is 12.4 Å². The molecule has 1 amide bonds. The molecule has 6 heteroatoms. The van der Waals surface area contributed by atoms with Gasteiger partial charge >= 0.3 is 0 Å². The molecule has 4 nitrogen and oxygen atoms in total. The number of amides is 1. The van der Waals surface area contributed by atoms with Crippen LogP contribution < -0.4 is 5.73 Å². The van der Waals surface area contributed by atoms with Gasteiger partial charge in [0.1, 0.15) is 0 Å². The molecule has 128 valence electrons. The van der Waals surface area contributed by atoms with Crippen molar-refractivity contribution < 1.29 is 9.53 Å². The molecule has 0 spiro atoms. The van der Waals surface area contributed by atoms with Crippen LogP contribution in [0, 0.1) is 0 Å². The summed E-state index contributed by atoms with van der Waals surface area (Å²) in [6.45, 7) is 1.90. The van der Waals surface area contributed by atoms with Crippen molar-refractivity contribution in [2.24, 2.45) is 5.73 Å². The minimum absolute atomic E-state index is 0. The molecule has 23 heavy (non-hydrogen) atoms. The lowest BCUT2D eigenvalue weighted by molar-refractivity contribution is -0.139. The highest BCUT2D eigenvalue weighted by Crippen LogP contribution is 2.49. The first-order valence-corrected chi connectivity index (χ1v) is 8.63. The van der Waals surface area contributed by atoms with Crippen molar-refractivity contribution >= 4 is 34.2 Å².